The van der Waals surface area contributed by atoms with Gasteiger partial charge in [-0.1, -0.05) is 73.4 Å². The predicted octanol–water partition coefficient (Wildman–Crippen LogP) is 3.37. The van der Waals surface area contributed by atoms with Crippen LogP contribution in [0.25, 0.3) is 10.8 Å². The minimum Gasteiger partial charge on any atom is -0.388 e. The van der Waals surface area contributed by atoms with Crippen molar-refractivity contribution in [3.05, 3.63) is 48.0 Å². The molecule has 2 aromatic rings. The fraction of sp³-hybridized carbons (Fsp3) is 0.294. The molecular weight excluding hydrogens is 314 g/mol. The second kappa shape index (κ2) is 6.36. The number of nitrogens with zero attached hydrogens (tertiary/aromatic N) is 1. The number of fused-ring (bicyclic) bond motifs is 1. The van der Waals surface area contributed by atoms with Crippen molar-refractivity contribution in [2.75, 3.05) is 12.3 Å². The van der Waals surface area contributed by atoms with E-state index in [9.17, 15) is 9.90 Å². The molecule has 0 spiro atoms. The average Bonchev–Trinajstić information content (AvgIpc) is 2.98. The van der Waals surface area contributed by atoms with E-state index in [1.54, 1.807) is 11.8 Å². The molecule has 2 atom stereocenters. The number of thiocarbonyl (C=S) groups is 1. The van der Waals surface area contributed by atoms with E-state index in [-0.39, 0.29) is 5.91 Å². The summed E-state index contributed by atoms with van der Waals surface area (Å²) >= 11 is 6.72. The van der Waals surface area contributed by atoms with E-state index in [1.807, 2.05) is 42.5 Å². The lowest BCUT2D eigenvalue weighted by Gasteiger charge is -2.24. The standard InChI is InChI=1S/C17H17NO2S2/c1-11(16(20)18-9-10-22-17(18)21)15(19)14-8-4-6-12-5-2-3-7-13(12)14/h2-8,11,15,19H,9-10H2,1H3/t11-,15-/m1/s1. The van der Waals surface area contributed by atoms with Crippen LogP contribution in [0.2, 0.25) is 0 Å². The zero-order valence-electron chi connectivity index (χ0n) is 12.2. The third-order valence-electron chi connectivity index (χ3n) is 4.03. The summed E-state index contributed by atoms with van der Waals surface area (Å²) in [4.78, 5) is 14.2. The van der Waals surface area contributed by atoms with Gasteiger partial charge < -0.3 is 5.11 Å². The molecule has 0 unspecified atom stereocenters. The molecule has 1 N–H and O–H groups in total. The van der Waals surface area contributed by atoms with Gasteiger partial charge >= 0.3 is 0 Å². The molecule has 0 aromatic heterocycles. The van der Waals surface area contributed by atoms with Crippen LogP contribution in [0.5, 0.6) is 0 Å². The Hall–Kier alpha value is -1.43. The molecule has 1 aliphatic rings. The molecule has 5 heteroatoms. The molecule has 1 amide bonds. The third-order valence-corrected chi connectivity index (χ3v) is 5.46. The summed E-state index contributed by atoms with van der Waals surface area (Å²) in [5, 5.41) is 12.7. The first-order valence-corrected chi connectivity index (χ1v) is 8.63. The smallest absolute Gasteiger partial charge is 0.233 e. The highest BCUT2D eigenvalue weighted by atomic mass is 32.2. The van der Waals surface area contributed by atoms with Crippen molar-refractivity contribution in [1.82, 2.24) is 4.90 Å². The first kappa shape index (κ1) is 15.5. The van der Waals surface area contributed by atoms with E-state index < -0.39 is 12.0 Å². The summed E-state index contributed by atoms with van der Waals surface area (Å²) in [6, 6.07) is 13.7. The number of carbonyl (C=O) groups is 1. The molecule has 1 aliphatic heterocycles. The number of hydrogen-bond acceptors (Lipinski definition) is 4. The number of hydrogen-bond donors (Lipinski definition) is 1. The first-order chi connectivity index (χ1) is 10.6. The lowest BCUT2D eigenvalue weighted by atomic mass is 9.92. The number of rotatable bonds is 3. The second-order valence-electron chi connectivity index (χ2n) is 5.41. The third kappa shape index (κ3) is 2.76. The Labute approximate surface area is 139 Å². The van der Waals surface area contributed by atoms with Crippen LogP contribution in [-0.2, 0) is 4.79 Å². The predicted molar refractivity (Wildman–Crippen MR) is 94.8 cm³/mol. The number of carbonyl (C=O) groups excluding carboxylic acids is 1. The van der Waals surface area contributed by atoms with Crippen LogP contribution in [-0.4, -0.2) is 32.5 Å². The van der Waals surface area contributed by atoms with E-state index in [2.05, 4.69) is 0 Å². The summed E-state index contributed by atoms with van der Waals surface area (Å²) < 4.78 is 0.613. The molecule has 1 fully saturated rings. The topological polar surface area (TPSA) is 40.5 Å². The highest BCUT2D eigenvalue weighted by Crippen LogP contribution is 2.31. The number of aliphatic hydroxyl groups excluding tert-OH is 1. The zero-order chi connectivity index (χ0) is 15.7. The van der Waals surface area contributed by atoms with Crippen molar-refractivity contribution in [1.29, 1.82) is 0 Å². The highest BCUT2D eigenvalue weighted by molar-refractivity contribution is 8.23. The minimum atomic E-state index is -0.841. The van der Waals surface area contributed by atoms with Crippen LogP contribution >= 0.6 is 24.0 Å². The average molecular weight is 331 g/mol. The molecule has 3 rings (SSSR count). The van der Waals surface area contributed by atoms with E-state index in [1.165, 1.54) is 11.8 Å². The normalized spacial score (nSPS) is 17.7. The maximum Gasteiger partial charge on any atom is 0.233 e. The van der Waals surface area contributed by atoms with Gasteiger partial charge in [-0.05, 0) is 16.3 Å². The second-order valence-corrected chi connectivity index (χ2v) is 7.13. The lowest BCUT2D eigenvalue weighted by molar-refractivity contribution is -0.134. The highest BCUT2D eigenvalue weighted by Gasteiger charge is 2.32. The number of aliphatic hydroxyl groups is 1. The summed E-state index contributed by atoms with van der Waals surface area (Å²) in [5.41, 5.74) is 0.789. The van der Waals surface area contributed by atoms with Gasteiger partial charge in [0.2, 0.25) is 5.91 Å². The summed E-state index contributed by atoms with van der Waals surface area (Å²) in [7, 11) is 0. The Bertz CT molecular complexity index is 726. The molecule has 0 saturated carbocycles. The Balaban J connectivity index is 1.90. The van der Waals surface area contributed by atoms with Gasteiger partial charge in [0.15, 0.2) is 0 Å². The molecule has 22 heavy (non-hydrogen) atoms. The zero-order valence-corrected chi connectivity index (χ0v) is 13.9. The Morgan fingerprint density at radius 3 is 2.73 bits per heavy atom. The Morgan fingerprint density at radius 1 is 1.27 bits per heavy atom. The Kier molecular flexibility index (Phi) is 4.47. The van der Waals surface area contributed by atoms with Gasteiger partial charge in [0, 0.05) is 12.3 Å². The van der Waals surface area contributed by atoms with Crippen LogP contribution in [0.15, 0.2) is 42.5 Å². The maximum atomic E-state index is 12.6. The fourth-order valence-electron chi connectivity index (χ4n) is 2.75. The summed E-state index contributed by atoms with van der Waals surface area (Å²) in [5.74, 6) is 0.208. The van der Waals surface area contributed by atoms with Gasteiger partial charge in [-0.25, -0.2) is 0 Å². The van der Waals surface area contributed by atoms with E-state index >= 15 is 0 Å². The number of amides is 1. The Morgan fingerprint density at radius 2 is 2.00 bits per heavy atom. The van der Waals surface area contributed by atoms with Gasteiger partial charge in [-0.2, -0.15) is 0 Å². The largest absolute Gasteiger partial charge is 0.388 e. The van der Waals surface area contributed by atoms with Crippen molar-refractivity contribution < 1.29 is 9.90 Å². The molecule has 1 saturated heterocycles. The van der Waals surface area contributed by atoms with E-state index in [0.29, 0.717) is 10.9 Å². The molecule has 3 nitrogen and oxygen atoms in total. The van der Waals surface area contributed by atoms with Crippen LogP contribution in [0, 0.1) is 5.92 Å². The maximum absolute atomic E-state index is 12.6. The summed E-state index contributed by atoms with van der Waals surface area (Å²) in [6.45, 7) is 2.40. The van der Waals surface area contributed by atoms with Gasteiger partial charge in [0.1, 0.15) is 4.32 Å². The summed E-state index contributed by atoms with van der Waals surface area (Å²) in [6.07, 6.45) is -0.841. The SMILES string of the molecule is C[C@@H](C(=O)N1CCSC1=S)[C@@H](O)c1cccc2ccccc12. The van der Waals surface area contributed by atoms with Gasteiger partial charge in [0.05, 0.1) is 12.0 Å². The van der Waals surface area contributed by atoms with Crippen LogP contribution in [0.1, 0.15) is 18.6 Å². The molecule has 0 radical (unpaired) electrons. The van der Waals surface area contributed by atoms with Crippen LogP contribution in [0.4, 0.5) is 0 Å². The number of thioether (sulfide) groups is 1. The monoisotopic (exact) mass is 331 g/mol. The molecule has 1 heterocycles. The molecular formula is C17H17NO2S2. The number of benzene rings is 2. The van der Waals surface area contributed by atoms with Gasteiger partial charge in [-0.15, -0.1) is 0 Å². The minimum absolute atomic E-state index is 0.101. The van der Waals surface area contributed by atoms with Crippen molar-refractivity contribution in [3.63, 3.8) is 0 Å². The van der Waals surface area contributed by atoms with Gasteiger partial charge in [-0.3, -0.25) is 9.69 Å². The van der Waals surface area contributed by atoms with Crippen LogP contribution in [0.3, 0.4) is 0 Å². The van der Waals surface area contributed by atoms with Crippen molar-refractivity contribution in [2.45, 2.75) is 13.0 Å². The van der Waals surface area contributed by atoms with Crippen LogP contribution < -0.4 is 0 Å². The molecule has 114 valence electrons. The quantitative estimate of drug-likeness (QED) is 0.876. The van der Waals surface area contributed by atoms with Crippen molar-refractivity contribution in [2.24, 2.45) is 5.92 Å². The van der Waals surface area contributed by atoms with Crippen molar-refractivity contribution >= 4 is 45.0 Å². The lowest BCUT2D eigenvalue weighted by Crippen LogP contribution is -2.37. The molecule has 0 aliphatic carbocycles. The van der Waals surface area contributed by atoms with Gasteiger partial charge in [0.25, 0.3) is 0 Å². The molecule has 0 bridgehead atoms. The fourth-order valence-corrected chi connectivity index (χ4v) is 3.97. The molecule has 2 aromatic carbocycles. The van der Waals surface area contributed by atoms with Crippen molar-refractivity contribution in [3.8, 4) is 0 Å². The van der Waals surface area contributed by atoms with E-state index in [0.717, 1.165) is 22.1 Å². The first-order valence-electron chi connectivity index (χ1n) is 7.23. The van der Waals surface area contributed by atoms with E-state index in [4.69, 9.17) is 12.2 Å².